The van der Waals surface area contributed by atoms with E-state index in [1.54, 1.807) is 18.2 Å². The summed E-state index contributed by atoms with van der Waals surface area (Å²) in [6.45, 7) is 5.58. The van der Waals surface area contributed by atoms with Crippen molar-refractivity contribution in [3.63, 3.8) is 0 Å². The van der Waals surface area contributed by atoms with Gasteiger partial charge in [0.2, 0.25) is 0 Å². The van der Waals surface area contributed by atoms with Gasteiger partial charge in [0, 0.05) is 30.0 Å². The Morgan fingerprint density at radius 2 is 2.07 bits per heavy atom. The van der Waals surface area contributed by atoms with Gasteiger partial charge in [0.05, 0.1) is 17.3 Å². The molecular weight excluding hydrogens is 383 g/mol. The van der Waals surface area contributed by atoms with Gasteiger partial charge in [-0.3, -0.25) is 4.79 Å². The van der Waals surface area contributed by atoms with E-state index in [0.29, 0.717) is 41.9 Å². The normalized spacial score (nSPS) is 18.8. The summed E-state index contributed by atoms with van der Waals surface area (Å²) in [4.78, 5) is 11.8. The van der Waals surface area contributed by atoms with Crippen molar-refractivity contribution < 1.29 is 18.0 Å². The van der Waals surface area contributed by atoms with Gasteiger partial charge in [0.15, 0.2) is 5.69 Å². The van der Waals surface area contributed by atoms with Gasteiger partial charge in [-0.1, -0.05) is 13.8 Å². The minimum absolute atomic E-state index is 0.112. The fourth-order valence-electron chi connectivity index (χ4n) is 3.98. The van der Waals surface area contributed by atoms with E-state index in [1.807, 2.05) is 13.8 Å². The van der Waals surface area contributed by atoms with Crippen molar-refractivity contribution in [2.45, 2.75) is 45.3 Å². The van der Waals surface area contributed by atoms with E-state index in [-0.39, 0.29) is 17.0 Å². The van der Waals surface area contributed by atoms with E-state index in [2.05, 4.69) is 15.7 Å². The van der Waals surface area contributed by atoms with Crippen LogP contribution in [0, 0.1) is 5.41 Å². The first-order valence-electron chi connectivity index (χ1n) is 9.65. The molecule has 1 amide bonds. The number of carbonyl (C=O) groups excluding carboxylic acids is 1. The molecule has 0 atom stereocenters. The average molecular weight is 407 g/mol. The van der Waals surface area contributed by atoms with Crippen LogP contribution in [0.3, 0.4) is 0 Å². The number of primary amides is 1. The van der Waals surface area contributed by atoms with Crippen LogP contribution in [0.15, 0.2) is 18.2 Å². The highest BCUT2D eigenvalue weighted by molar-refractivity contribution is 5.99. The predicted molar refractivity (Wildman–Crippen MR) is 103 cm³/mol. The van der Waals surface area contributed by atoms with Crippen LogP contribution in [-0.2, 0) is 19.0 Å². The molecule has 9 heteroatoms. The van der Waals surface area contributed by atoms with Gasteiger partial charge in [-0.25, -0.2) is 4.68 Å². The van der Waals surface area contributed by atoms with E-state index in [4.69, 9.17) is 5.73 Å². The van der Waals surface area contributed by atoms with Gasteiger partial charge in [-0.15, -0.1) is 0 Å². The summed E-state index contributed by atoms with van der Waals surface area (Å²) >= 11 is 0. The minimum Gasteiger partial charge on any atom is -0.379 e. The Balaban J connectivity index is 1.83. The second-order valence-corrected chi connectivity index (χ2v) is 8.62. The van der Waals surface area contributed by atoms with Crippen molar-refractivity contribution in [1.82, 2.24) is 15.1 Å². The van der Waals surface area contributed by atoms with Crippen molar-refractivity contribution in [1.29, 1.82) is 0 Å². The van der Waals surface area contributed by atoms with Gasteiger partial charge in [0.1, 0.15) is 0 Å². The fourth-order valence-corrected chi connectivity index (χ4v) is 3.98. The van der Waals surface area contributed by atoms with Gasteiger partial charge in [-0.2, -0.15) is 18.3 Å². The van der Waals surface area contributed by atoms with Crippen molar-refractivity contribution in [2.24, 2.45) is 11.1 Å². The zero-order chi connectivity index (χ0) is 21.0. The molecule has 0 radical (unpaired) electrons. The van der Waals surface area contributed by atoms with Crippen molar-refractivity contribution in [3.05, 3.63) is 40.7 Å². The third-order valence-corrected chi connectivity index (χ3v) is 5.71. The number of amides is 1. The van der Waals surface area contributed by atoms with Gasteiger partial charge in [-0.05, 0) is 42.9 Å². The van der Waals surface area contributed by atoms with Crippen molar-refractivity contribution in [3.8, 4) is 5.69 Å². The lowest BCUT2D eigenvalue weighted by molar-refractivity contribution is -0.142. The number of halogens is 3. The number of fused-ring (bicyclic) bond motifs is 1. The summed E-state index contributed by atoms with van der Waals surface area (Å²) in [5.41, 5.74) is 6.69. The Bertz CT molecular complexity index is 960. The molecule has 1 fully saturated rings. The first-order valence-corrected chi connectivity index (χ1v) is 9.65. The Labute approximate surface area is 166 Å². The molecule has 156 valence electrons. The van der Waals surface area contributed by atoms with Crippen molar-refractivity contribution >= 4 is 11.6 Å². The van der Waals surface area contributed by atoms with E-state index in [1.165, 1.54) is 4.68 Å². The number of aromatic nitrogens is 2. The zero-order valence-corrected chi connectivity index (χ0v) is 16.4. The molecule has 0 unspecified atom stereocenters. The Morgan fingerprint density at radius 3 is 2.66 bits per heavy atom. The van der Waals surface area contributed by atoms with Gasteiger partial charge >= 0.3 is 6.18 Å². The van der Waals surface area contributed by atoms with Crippen LogP contribution in [0.2, 0.25) is 0 Å². The SMILES string of the molecule is CC1(C)CCc2c(C(F)(F)F)nn(-c3ccc(C(N)=O)c(NC4CNC4)c3)c2C1. The first kappa shape index (κ1) is 19.8. The predicted octanol–water partition coefficient (Wildman–Crippen LogP) is 2.89. The summed E-state index contributed by atoms with van der Waals surface area (Å²) in [5, 5.41) is 10.3. The molecule has 4 N–H and O–H groups in total. The molecule has 1 aliphatic heterocycles. The molecule has 2 aliphatic rings. The summed E-state index contributed by atoms with van der Waals surface area (Å²) in [6, 6.07) is 4.94. The topological polar surface area (TPSA) is 85.0 Å². The zero-order valence-electron chi connectivity index (χ0n) is 16.4. The van der Waals surface area contributed by atoms with Gasteiger partial charge in [0.25, 0.3) is 5.91 Å². The minimum atomic E-state index is -4.51. The Morgan fingerprint density at radius 1 is 1.34 bits per heavy atom. The van der Waals surface area contributed by atoms with Crippen LogP contribution in [0.1, 0.15) is 47.6 Å². The molecule has 0 saturated carbocycles. The summed E-state index contributed by atoms with van der Waals surface area (Å²) in [6.07, 6.45) is -2.99. The maximum atomic E-state index is 13.6. The maximum absolute atomic E-state index is 13.6. The van der Waals surface area contributed by atoms with Gasteiger partial charge < -0.3 is 16.4 Å². The number of nitrogens with zero attached hydrogens (tertiary/aromatic N) is 2. The molecule has 6 nitrogen and oxygen atoms in total. The van der Waals surface area contributed by atoms with Crippen LogP contribution < -0.4 is 16.4 Å². The number of carbonyl (C=O) groups is 1. The number of anilines is 1. The molecule has 1 aromatic heterocycles. The highest BCUT2D eigenvalue weighted by Crippen LogP contribution is 2.42. The molecule has 4 rings (SSSR count). The molecule has 29 heavy (non-hydrogen) atoms. The van der Waals surface area contributed by atoms with E-state index >= 15 is 0 Å². The lowest BCUT2D eigenvalue weighted by Crippen LogP contribution is -2.51. The molecule has 1 saturated heterocycles. The molecule has 1 aromatic carbocycles. The second kappa shape index (κ2) is 6.76. The quantitative estimate of drug-likeness (QED) is 0.728. The van der Waals surface area contributed by atoms with E-state index in [0.717, 1.165) is 13.1 Å². The first-order chi connectivity index (χ1) is 13.5. The number of nitrogens with one attached hydrogen (secondary N) is 2. The molecule has 0 bridgehead atoms. The van der Waals surface area contributed by atoms with E-state index in [9.17, 15) is 18.0 Å². The number of benzene rings is 1. The number of rotatable bonds is 4. The number of nitrogens with two attached hydrogens (primary N) is 1. The van der Waals surface area contributed by atoms with Crippen LogP contribution in [-0.4, -0.2) is 34.8 Å². The second-order valence-electron chi connectivity index (χ2n) is 8.62. The number of hydrogen-bond acceptors (Lipinski definition) is 4. The third kappa shape index (κ3) is 3.71. The van der Waals surface area contributed by atoms with Crippen LogP contribution in [0.4, 0.5) is 18.9 Å². The van der Waals surface area contributed by atoms with Crippen LogP contribution >= 0.6 is 0 Å². The molecular formula is C20H24F3N5O. The summed E-state index contributed by atoms with van der Waals surface area (Å²) in [5.74, 6) is -0.592. The van der Waals surface area contributed by atoms with Crippen molar-refractivity contribution in [2.75, 3.05) is 18.4 Å². The average Bonchev–Trinajstić information content (AvgIpc) is 2.95. The third-order valence-electron chi connectivity index (χ3n) is 5.71. The lowest BCUT2D eigenvalue weighted by Gasteiger charge is -2.31. The smallest absolute Gasteiger partial charge is 0.379 e. The monoisotopic (exact) mass is 407 g/mol. The number of alkyl halides is 3. The highest BCUT2D eigenvalue weighted by Gasteiger charge is 2.42. The maximum Gasteiger partial charge on any atom is 0.435 e. The number of hydrogen-bond donors (Lipinski definition) is 3. The molecule has 2 heterocycles. The largest absolute Gasteiger partial charge is 0.435 e. The summed E-state index contributed by atoms with van der Waals surface area (Å²) in [7, 11) is 0. The molecule has 0 spiro atoms. The highest BCUT2D eigenvalue weighted by atomic mass is 19.4. The molecule has 2 aromatic rings. The Hall–Kier alpha value is -2.55. The van der Waals surface area contributed by atoms with Crippen LogP contribution in [0.5, 0.6) is 0 Å². The lowest BCUT2D eigenvalue weighted by atomic mass is 9.76. The molecule has 1 aliphatic carbocycles. The summed E-state index contributed by atoms with van der Waals surface area (Å²) < 4.78 is 42.2. The Kier molecular flexibility index (Phi) is 4.60. The fraction of sp³-hybridized carbons (Fsp3) is 0.500. The standard InChI is InChI=1S/C20H24F3N5O/c1-19(2)6-5-14-16(8-19)28(27-17(14)20(21,22)23)12-3-4-13(18(24)29)15(7-12)26-11-9-25-10-11/h3-4,7,11,25-26H,5-6,8-10H2,1-2H3,(H2,24,29). The van der Waals surface area contributed by atoms with Crippen LogP contribution in [0.25, 0.3) is 5.69 Å². The van der Waals surface area contributed by atoms with E-state index < -0.39 is 17.8 Å².